The number of halogens is 4. The lowest BCUT2D eigenvalue weighted by atomic mass is 9.92. The number of carbonyl (C=O) groups excluding carboxylic acids is 1. The molecule has 1 heterocycles. The van der Waals surface area contributed by atoms with Crippen molar-refractivity contribution < 1.29 is 22.4 Å². The molecule has 0 unspecified atom stereocenters. The summed E-state index contributed by atoms with van der Waals surface area (Å²) in [6, 6.07) is 11.6. The van der Waals surface area contributed by atoms with Crippen molar-refractivity contribution in [2.45, 2.75) is 32.4 Å². The molecule has 29 heavy (non-hydrogen) atoms. The minimum Gasteiger partial charge on any atom is -0.306 e. The Hall–Kier alpha value is -3.16. The van der Waals surface area contributed by atoms with Gasteiger partial charge in [0.2, 0.25) is 0 Å². The van der Waals surface area contributed by atoms with E-state index in [1.807, 2.05) is 20.8 Å². The van der Waals surface area contributed by atoms with Crippen LogP contribution in [0.15, 0.2) is 54.6 Å². The van der Waals surface area contributed by atoms with Crippen molar-refractivity contribution in [2.75, 3.05) is 5.32 Å². The van der Waals surface area contributed by atoms with Crippen LogP contribution in [0.2, 0.25) is 0 Å². The number of carbonyl (C=O) groups is 1. The number of anilines is 1. The molecule has 4 nitrogen and oxygen atoms in total. The first-order valence-corrected chi connectivity index (χ1v) is 8.81. The van der Waals surface area contributed by atoms with E-state index < -0.39 is 34.4 Å². The average Bonchev–Trinajstić information content (AvgIpc) is 3.05. The SMILES string of the molecule is CC(C)(C)c1cc(NC(=O)c2ccccc2C(F)(F)F)n(-c2cccc(F)c2)n1. The first-order chi connectivity index (χ1) is 13.5. The number of alkyl halides is 3. The molecular weight excluding hydrogens is 386 g/mol. The van der Waals surface area contributed by atoms with Gasteiger partial charge in [0.05, 0.1) is 22.5 Å². The summed E-state index contributed by atoms with van der Waals surface area (Å²) < 4.78 is 54.8. The van der Waals surface area contributed by atoms with Crippen molar-refractivity contribution in [1.82, 2.24) is 9.78 Å². The van der Waals surface area contributed by atoms with E-state index in [0.717, 1.165) is 12.1 Å². The molecule has 8 heteroatoms. The number of rotatable bonds is 3. The summed E-state index contributed by atoms with van der Waals surface area (Å²) in [5.74, 6) is -1.30. The van der Waals surface area contributed by atoms with Gasteiger partial charge in [-0.05, 0) is 30.3 Å². The highest BCUT2D eigenvalue weighted by atomic mass is 19.4. The number of aromatic nitrogens is 2. The standard InChI is InChI=1S/C21H19F4N3O/c1-20(2,3)17-12-18(28(27-17)14-8-6-7-13(22)11-14)26-19(29)15-9-4-5-10-16(15)21(23,24)25/h4-12H,1-3H3,(H,26,29). The van der Waals surface area contributed by atoms with Crippen molar-refractivity contribution in [2.24, 2.45) is 0 Å². The molecule has 0 saturated carbocycles. The summed E-state index contributed by atoms with van der Waals surface area (Å²) in [5, 5.41) is 6.91. The van der Waals surface area contributed by atoms with E-state index in [0.29, 0.717) is 11.4 Å². The molecular formula is C21H19F4N3O. The molecule has 3 rings (SSSR count). The van der Waals surface area contributed by atoms with E-state index in [2.05, 4.69) is 10.4 Å². The van der Waals surface area contributed by atoms with Crippen LogP contribution in [0.3, 0.4) is 0 Å². The van der Waals surface area contributed by atoms with Gasteiger partial charge < -0.3 is 5.32 Å². The van der Waals surface area contributed by atoms with Gasteiger partial charge in [-0.25, -0.2) is 9.07 Å². The molecule has 2 aromatic carbocycles. The van der Waals surface area contributed by atoms with E-state index in [1.54, 1.807) is 12.1 Å². The lowest BCUT2D eigenvalue weighted by Gasteiger charge is -2.14. The second kappa shape index (κ2) is 7.35. The average molecular weight is 405 g/mol. The van der Waals surface area contributed by atoms with Crippen LogP contribution in [0.25, 0.3) is 5.69 Å². The van der Waals surface area contributed by atoms with Crippen molar-refractivity contribution in [3.8, 4) is 5.69 Å². The number of hydrogen-bond acceptors (Lipinski definition) is 2. The van der Waals surface area contributed by atoms with Crippen LogP contribution in [0.5, 0.6) is 0 Å². The summed E-state index contributed by atoms with van der Waals surface area (Å²) in [7, 11) is 0. The Morgan fingerprint density at radius 3 is 2.31 bits per heavy atom. The van der Waals surface area contributed by atoms with E-state index in [4.69, 9.17) is 0 Å². The molecule has 1 amide bonds. The Labute approximate surface area is 165 Å². The highest BCUT2D eigenvalue weighted by molar-refractivity contribution is 6.05. The molecule has 0 bridgehead atoms. The largest absolute Gasteiger partial charge is 0.417 e. The highest BCUT2D eigenvalue weighted by Crippen LogP contribution is 2.33. The molecule has 0 aliphatic carbocycles. The Morgan fingerprint density at radius 2 is 1.69 bits per heavy atom. The molecule has 0 atom stereocenters. The maximum Gasteiger partial charge on any atom is 0.417 e. The van der Waals surface area contributed by atoms with E-state index in [1.165, 1.54) is 35.0 Å². The van der Waals surface area contributed by atoms with E-state index in [-0.39, 0.29) is 5.82 Å². The van der Waals surface area contributed by atoms with Crippen molar-refractivity contribution in [3.63, 3.8) is 0 Å². The molecule has 1 aromatic heterocycles. The topological polar surface area (TPSA) is 46.9 Å². The first-order valence-electron chi connectivity index (χ1n) is 8.81. The Bertz CT molecular complexity index is 1050. The van der Waals surface area contributed by atoms with Crippen LogP contribution < -0.4 is 5.32 Å². The van der Waals surface area contributed by atoms with Crippen molar-refractivity contribution in [3.05, 3.63) is 77.2 Å². The second-order valence-electron chi connectivity index (χ2n) is 7.55. The minimum absolute atomic E-state index is 0.141. The molecule has 152 valence electrons. The van der Waals surface area contributed by atoms with Gasteiger partial charge in [-0.3, -0.25) is 4.79 Å². The lowest BCUT2D eigenvalue weighted by Crippen LogP contribution is -2.20. The quantitative estimate of drug-likeness (QED) is 0.578. The normalized spacial score (nSPS) is 12.1. The summed E-state index contributed by atoms with van der Waals surface area (Å²) in [6.07, 6.45) is -4.67. The summed E-state index contributed by atoms with van der Waals surface area (Å²) in [6.45, 7) is 5.70. The number of amides is 1. The summed E-state index contributed by atoms with van der Waals surface area (Å²) in [5.41, 5.74) is -1.03. The molecule has 0 saturated heterocycles. The molecule has 0 aliphatic heterocycles. The van der Waals surface area contributed by atoms with Gasteiger partial charge in [-0.15, -0.1) is 0 Å². The van der Waals surface area contributed by atoms with Gasteiger partial charge in [-0.1, -0.05) is 39.0 Å². The van der Waals surface area contributed by atoms with E-state index >= 15 is 0 Å². The zero-order valence-electron chi connectivity index (χ0n) is 16.0. The zero-order chi connectivity index (χ0) is 21.4. The first kappa shape index (κ1) is 20.6. The van der Waals surface area contributed by atoms with Crippen molar-refractivity contribution in [1.29, 1.82) is 0 Å². The highest BCUT2D eigenvalue weighted by Gasteiger charge is 2.35. The van der Waals surface area contributed by atoms with Gasteiger partial charge in [0.1, 0.15) is 11.6 Å². The fourth-order valence-electron chi connectivity index (χ4n) is 2.75. The van der Waals surface area contributed by atoms with Gasteiger partial charge in [0.25, 0.3) is 5.91 Å². The third-order valence-electron chi connectivity index (χ3n) is 4.25. The fourth-order valence-corrected chi connectivity index (χ4v) is 2.75. The third kappa shape index (κ3) is 4.47. The number of nitrogens with zero attached hydrogens (tertiary/aromatic N) is 2. The van der Waals surface area contributed by atoms with Crippen LogP contribution in [0, 0.1) is 5.82 Å². The molecule has 0 aliphatic rings. The molecule has 0 fully saturated rings. The van der Waals surface area contributed by atoms with Crippen LogP contribution in [0.4, 0.5) is 23.4 Å². The van der Waals surface area contributed by atoms with E-state index in [9.17, 15) is 22.4 Å². The Morgan fingerprint density at radius 1 is 1.00 bits per heavy atom. The fraction of sp³-hybridized carbons (Fsp3) is 0.238. The van der Waals surface area contributed by atoms with Gasteiger partial charge in [-0.2, -0.15) is 18.3 Å². The van der Waals surface area contributed by atoms with Gasteiger partial charge >= 0.3 is 6.18 Å². The predicted octanol–water partition coefficient (Wildman–Crippen LogP) is 5.58. The monoisotopic (exact) mass is 405 g/mol. The zero-order valence-corrected chi connectivity index (χ0v) is 16.0. The molecule has 1 N–H and O–H groups in total. The predicted molar refractivity (Wildman–Crippen MR) is 102 cm³/mol. The molecule has 0 radical (unpaired) electrons. The Balaban J connectivity index is 2.06. The van der Waals surface area contributed by atoms with Gasteiger partial charge in [0.15, 0.2) is 0 Å². The van der Waals surface area contributed by atoms with Crippen LogP contribution in [-0.4, -0.2) is 15.7 Å². The number of nitrogens with one attached hydrogen (secondary N) is 1. The summed E-state index contributed by atoms with van der Waals surface area (Å²) >= 11 is 0. The Kier molecular flexibility index (Phi) is 5.21. The third-order valence-corrected chi connectivity index (χ3v) is 4.25. The minimum atomic E-state index is -4.67. The van der Waals surface area contributed by atoms with Crippen LogP contribution >= 0.6 is 0 Å². The maximum absolute atomic E-state index is 13.7. The van der Waals surface area contributed by atoms with Crippen molar-refractivity contribution >= 4 is 11.7 Å². The van der Waals surface area contributed by atoms with Crippen LogP contribution in [0.1, 0.15) is 42.4 Å². The number of hydrogen-bond donors (Lipinski definition) is 1. The second-order valence-corrected chi connectivity index (χ2v) is 7.55. The van der Waals surface area contributed by atoms with Gasteiger partial charge in [0, 0.05) is 11.5 Å². The number of benzene rings is 2. The molecule has 0 spiro atoms. The smallest absolute Gasteiger partial charge is 0.306 e. The lowest BCUT2D eigenvalue weighted by molar-refractivity contribution is -0.137. The summed E-state index contributed by atoms with van der Waals surface area (Å²) in [4.78, 5) is 12.7. The van der Waals surface area contributed by atoms with Crippen LogP contribution in [-0.2, 0) is 11.6 Å². The maximum atomic E-state index is 13.7. The molecule has 3 aromatic rings.